The fraction of sp³-hybridized carbons (Fsp3) is 0.440. The van der Waals surface area contributed by atoms with Gasteiger partial charge in [0.15, 0.2) is 0 Å². The second-order valence-electron chi connectivity index (χ2n) is 8.86. The number of rotatable bonds is 5. The molecule has 4 rings (SSSR count). The maximum atomic E-state index is 12.8. The largest absolute Gasteiger partial charge is 0.573 e. The molecule has 1 N–H and O–H groups in total. The van der Waals surface area contributed by atoms with E-state index in [-0.39, 0.29) is 17.7 Å². The number of likely N-dealkylation sites (tertiary alicyclic amines) is 1. The third-order valence-corrected chi connectivity index (χ3v) is 6.42. The van der Waals surface area contributed by atoms with E-state index >= 15 is 0 Å². The zero-order valence-corrected chi connectivity index (χ0v) is 19.8. The van der Waals surface area contributed by atoms with Gasteiger partial charge in [0.1, 0.15) is 11.5 Å². The molecule has 0 aliphatic carbocycles. The van der Waals surface area contributed by atoms with Gasteiger partial charge in [0.25, 0.3) is 0 Å². The summed E-state index contributed by atoms with van der Waals surface area (Å²) in [7, 11) is 1.59. The number of amides is 3. The average molecular weight is 508 g/mol. The molecule has 3 amide bonds. The smallest absolute Gasteiger partial charge is 0.497 e. The van der Waals surface area contributed by atoms with Crippen LogP contribution in [0.15, 0.2) is 48.5 Å². The number of halogens is 3. The number of morpholine rings is 1. The highest BCUT2D eigenvalue weighted by molar-refractivity contribution is 5.89. The molecule has 1 spiro atoms. The fourth-order valence-electron chi connectivity index (χ4n) is 4.46. The Bertz CT molecular complexity index is 1050. The van der Waals surface area contributed by atoms with Crippen molar-refractivity contribution in [2.45, 2.75) is 31.2 Å². The lowest BCUT2D eigenvalue weighted by Gasteiger charge is -2.47. The summed E-state index contributed by atoms with van der Waals surface area (Å²) in [5, 5.41) is 2.71. The van der Waals surface area contributed by atoms with Crippen molar-refractivity contribution in [2.24, 2.45) is 0 Å². The van der Waals surface area contributed by atoms with Crippen molar-refractivity contribution in [2.75, 3.05) is 45.2 Å². The molecule has 11 heteroatoms. The Morgan fingerprint density at radius 3 is 2.22 bits per heavy atom. The quantitative estimate of drug-likeness (QED) is 0.660. The van der Waals surface area contributed by atoms with Gasteiger partial charge in [0, 0.05) is 25.3 Å². The summed E-state index contributed by atoms with van der Waals surface area (Å²) in [6, 6.07) is 12.0. The summed E-state index contributed by atoms with van der Waals surface area (Å²) in [6.45, 7) is 2.19. The van der Waals surface area contributed by atoms with Crippen molar-refractivity contribution in [1.29, 1.82) is 0 Å². The summed E-state index contributed by atoms with van der Waals surface area (Å²) in [6.07, 6.45) is -3.26. The van der Waals surface area contributed by atoms with Gasteiger partial charge in [-0.15, -0.1) is 13.2 Å². The van der Waals surface area contributed by atoms with Crippen LogP contribution in [0.3, 0.4) is 0 Å². The van der Waals surface area contributed by atoms with Gasteiger partial charge < -0.3 is 29.3 Å². The SMILES string of the molecule is COc1ccc(CC(=O)N2CCC3(CC2)CN(C(=O)Nc2ccc(OC(F)(F)F)cc2)CCO3)cc1. The van der Waals surface area contributed by atoms with Gasteiger partial charge in [-0.1, -0.05) is 12.1 Å². The highest BCUT2D eigenvalue weighted by Gasteiger charge is 2.42. The lowest BCUT2D eigenvalue weighted by molar-refractivity contribution is -0.274. The molecule has 36 heavy (non-hydrogen) atoms. The number of hydrogen-bond donors (Lipinski definition) is 1. The van der Waals surface area contributed by atoms with Crippen LogP contribution in [0.5, 0.6) is 11.5 Å². The summed E-state index contributed by atoms with van der Waals surface area (Å²) in [5.41, 5.74) is 0.738. The molecule has 2 fully saturated rings. The van der Waals surface area contributed by atoms with Gasteiger partial charge in [-0.3, -0.25) is 4.79 Å². The molecule has 0 radical (unpaired) electrons. The number of piperidine rings is 1. The van der Waals surface area contributed by atoms with Crippen molar-refractivity contribution < 1.29 is 37.0 Å². The van der Waals surface area contributed by atoms with E-state index in [0.717, 1.165) is 23.4 Å². The van der Waals surface area contributed by atoms with Crippen LogP contribution in [-0.2, 0) is 16.0 Å². The van der Waals surface area contributed by atoms with E-state index in [0.29, 0.717) is 57.7 Å². The lowest BCUT2D eigenvalue weighted by Crippen LogP contribution is -2.59. The van der Waals surface area contributed by atoms with Crippen LogP contribution in [0, 0.1) is 0 Å². The summed E-state index contributed by atoms with van der Waals surface area (Å²) in [4.78, 5) is 29.0. The summed E-state index contributed by atoms with van der Waals surface area (Å²) in [5.74, 6) is 0.416. The lowest BCUT2D eigenvalue weighted by atomic mass is 9.89. The molecule has 194 valence electrons. The van der Waals surface area contributed by atoms with Gasteiger partial charge in [-0.2, -0.15) is 0 Å². The number of benzene rings is 2. The van der Waals surface area contributed by atoms with Crippen LogP contribution in [0.1, 0.15) is 18.4 Å². The van der Waals surface area contributed by atoms with Crippen molar-refractivity contribution in [3.05, 3.63) is 54.1 Å². The Morgan fingerprint density at radius 1 is 0.972 bits per heavy atom. The van der Waals surface area contributed by atoms with E-state index in [9.17, 15) is 22.8 Å². The van der Waals surface area contributed by atoms with Gasteiger partial charge in [-0.05, 0) is 54.8 Å². The van der Waals surface area contributed by atoms with Crippen LogP contribution in [0.4, 0.5) is 23.7 Å². The second kappa shape index (κ2) is 10.7. The third kappa shape index (κ3) is 6.60. The van der Waals surface area contributed by atoms with E-state index in [1.165, 1.54) is 12.1 Å². The average Bonchev–Trinajstić information content (AvgIpc) is 2.85. The molecule has 0 unspecified atom stereocenters. The number of alkyl halides is 3. The van der Waals surface area contributed by atoms with Crippen LogP contribution in [0.25, 0.3) is 0 Å². The maximum absolute atomic E-state index is 12.8. The minimum absolute atomic E-state index is 0.0402. The number of hydrogen-bond acceptors (Lipinski definition) is 5. The Labute approximate surface area is 206 Å². The number of urea groups is 1. The molecule has 0 aromatic heterocycles. The zero-order valence-electron chi connectivity index (χ0n) is 19.8. The minimum Gasteiger partial charge on any atom is -0.497 e. The van der Waals surface area contributed by atoms with E-state index in [4.69, 9.17) is 9.47 Å². The van der Waals surface area contributed by atoms with Gasteiger partial charge >= 0.3 is 12.4 Å². The van der Waals surface area contributed by atoms with Crippen molar-refractivity contribution in [3.8, 4) is 11.5 Å². The molecule has 8 nitrogen and oxygen atoms in total. The van der Waals surface area contributed by atoms with Crippen molar-refractivity contribution in [3.63, 3.8) is 0 Å². The van der Waals surface area contributed by atoms with Crippen molar-refractivity contribution in [1.82, 2.24) is 9.80 Å². The van der Waals surface area contributed by atoms with E-state index in [1.807, 2.05) is 29.2 Å². The van der Waals surface area contributed by atoms with Gasteiger partial charge in [-0.25, -0.2) is 4.79 Å². The predicted molar refractivity (Wildman–Crippen MR) is 125 cm³/mol. The molecule has 0 bridgehead atoms. The normalized spacial score (nSPS) is 17.6. The second-order valence-corrected chi connectivity index (χ2v) is 8.86. The van der Waals surface area contributed by atoms with Crippen molar-refractivity contribution >= 4 is 17.6 Å². The molecule has 2 aromatic rings. The molecular weight excluding hydrogens is 479 g/mol. The van der Waals surface area contributed by atoms with Crippen LogP contribution in [-0.4, -0.2) is 73.6 Å². The molecule has 2 heterocycles. The first-order valence-electron chi connectivity index (χ1n) is 11.6. The number of anilines is 1. The standard InChI is InChI=1S/C25H28F3N3O5/c1-34-20-6-2-18(3-7-20)16-22(32)30-12-10-24(11-13-30)17-31(14-15-35-24)23(33)29-19-4-8-21(9-5-19)36-25(26,27)28/h2-9H,10-17H2,1H3,(H,29,33). The number of nitrogens with zero attached hydrogens (tertiary/aromatic N) is 2. The van der Waals surface area contributed by atoms with Gasteiger partial charge in [0.05, 0.1) is 32.3 Å². The van der Waals surface area contributed by atoms with Crippen LogP contribution < -0.4 is 14.8 Å². The number of carbonyl (C=O) groups is 2. The van der Waals surface area contributed by atoms with E-state index in [1.54, 1.807) is 12.0 Å². The Hall–Kier alpha value is -3.47. The summed E-state index contributed by atoms with van der Waals surface area (Å²) < 4.78 is 52.0. The highest BCUT2D eigenvalue weighted by atomic mass is 19.4. The molecule has 2 saturated heterocycles. The van der Waals surface area contributed by atoms with Crippen LogP contribution >= 0.6 is 0 Å². The molecule has 2 aromatic carbocycles. The fourth-order valence-corrected chi connectivity index (χ4v) is 4.46. The Morgan fingerprint density at radius 2 is 1.61 bits per heavy atom. The highest BCUT2D eigenvalue weighted by Crippen LogP contribution is 2.31. The molecule has 2 aliphatic heterocycles. The Balaban J connectivity index is 1.28. The predicted octanol–water partition coefficient (Wildman–Crippen LogP) is 4.06. The van der Waals surface area contributed by atoms with Crippen LogP contribution in [0.2, 0.25) is 0 Å². The molecular formula is C25H28F3N3O5. The molecule has 0 atom stereocenters. The minimum atomic E-state index is -4.78. The first kappa shape index (κ1) is 25.6. The van der Waals surface area contributed by atoms with E-state index < -0.39 is 12.0 Å². The third-order valence-electron chi connectivity index (χ3n) is 6.42. The molecule has 2 aliphatic rings. The number of methoxy groups -OCH3 is 1. The monoisotopic (exact) mass is 507 g/mol. The maximum Gasteiger partial charge on any atom is 0.573 e. The first-order chi connectivity index (χ1) is 17.1. The first-order valence-corrected chi connectivity index (χ1v) is 11.6. The summed E-state index contributed by atoms with van der Waals surface area (Å²) >= 11 is 0. The number of carbonyl (C=O) groups excluding carboxylic acids is 2. The van der Waals surface area contributed by atoms with Gasteiger partial charge in [0.2, 0.25) is 5.91 Å². The number of ether oxygens (including phenoxy) is 3. The number of nitrogens with one attached hydrogen (secondary N) is 1. The topological polar surface area (TPSA) is 80.3 Å². The Kier molecular flexibility index (Phi) is 7.58. The molecule has 0 saturated carbocycles. The zero-order chi connectivity index (χ0) is 25.8. The van der Waals surface area contributed by atoms with E-state index in [2.05, 4.69) is 10.1 Å².